The first-order valence-corrected chi connectivity index (χ1v) is 5.87. The first-order chi connectivity index (χ1) is 6.00. The summed E-state index contributed by atoms with van der Waals surface area (Å²) in [6, 6.07) is 0. The molecular weight excluding hydrogens is 210 g/mol. The van der Waals surface area contributed by atoms with Gasteiger partial charge in [0.15, 0.2) is 0 Å². The lowest BCUT2D eigenvalue weighted by Gasteiger charge is -1.89. The molecule has 0 fully saturated rings. The number of hydrogen-bond acceptors (Lipinski definition) is 4. The minimum absolute atomic E-state index is 0.0885. The van der Waals surface area contributed by atoms with Gasteiger partial charge in [-0.25, -0.2) is 18.1 Å². The van der Waals surface area contributed by atoms with E-state index in [0.29, 0.717) is 4.83 Å². The number of sulfonamides is 1. The van der Waals surface area contributed by atoms with Gasteiger partial charge < -0.3 is 0 Å². The average molecular weight is 217 g/mol. The summed E-state index contributed by atoms with van der Waals surface area (Å²) in [6.45, 7) is 1.85. The Morgan fingerprint density at radius 3 is 2.92 bits per heavy atom. The van der Waals surface area contributed by atoms with Crippen molar-refractivity contribution in [2.24, 2.45) is 5.14 Å². The van der Waals surface area contributed by atoms with Crippen molar-refractivity contribution in [1.82, 2.24) is 9.61 Å². The lowest BCUT2D eigenvalue weighted by Crippen LogP contribution is -2.11. The Kier molecular flexibility index (Phi) is 1.69. The third kappa shape index (κ3) is 1.25. The molecule has 2 N–H and O–H groups in total. The van der Waals surface area contributed by atoms with E-state index < -0.39 is 10.0 Å². The van der Waals surface area contributed by atoms with Gasteiger partial charge in [-0.3, -0.25) is 0 Å². The molecule has 2 aromatic rings. The molecule has 5 nitrogen and oxygen atoms in total. The molecular formula is C6H7N3O2S2. The van der Waals surface area contributed by atoms with Crippen LogP contribution in [0.25, 0.3) is 4.83 Å². The molecule has 0 atom stereocenters. The first kappa shape index (κ1) is 8.67. The molecule has 2 aromatic heterocycles. The summed E-state index contributed by atoms with van der Waals surface area (Å²) in [5.74, 6) is 0. The predicted molar refractivity (Wildman–Crippen MR) is 49.2 cm³/mol. The minimum atomic E-state index is -3.65. The summed E-state index contributed by atoms with van der Waals surface area (Å²) >= 11 is 1.32. The van der Waals surface area contributed by atoms with E-state index in [0.717, 1.165) is 5.69 Å². The number of rotatable bonds is 1. The number of aryl methyl sites for hydroxylation is 1. The van der Waals surface area contributed by atoms with E-state index in [1.165, 1.54) is 17.5 Å². The summed E-state index contributed by atoms with van der Waals surface area (Å²) in [5.41, 5.74) is 0.898. The number of aromatic nitrogens is 2. The van der Waals surface area contributed by atoms with Gasteiger partial charge >= 0.3 is 0 Å². The van der Waals surface area contributed by atoms with Gasteiger partial charge in [-0.05, 0) is 6.92 Å². The van der Waals surface area contributed by atoms with Gasteiger partial charge in [-0.2, -0.15) is 5.10 Å². The van der Waals surface area contributed by atoms with Crippen LogP contribution < -0.4 is 5.14 Å². The van der Waals surface area contributed by atoms with Crippen LogP contribution in [-0.4, -0.2) is 18.0 Å². The number of nitrogens with two attached hydrogens (primary N) is 1. The van der Waals surface area contributed by atoms with Crippen LogP contribution in [0.15, 0.2) is 16.5 Å². The van der Waals surface area contributed by atoms with E-state index in [1.54, 1.807) is 4.52 Å². The van der Waals surface area contributed by atoms with Gasteiger partial charge in [0.05, 0.1) is 11.9 Å². The van der Waals surface area contributed by atoms with Gasteiger partial charge in [-0.15, -0.1) is 11.3 Å². The van der Waals surface area contributed by atoms with Crippen LogP contribution in [0.2, 0.25) is 0 Å². The van der Waals surface area contributed by atoms with E-state index in [1.807, 2.05) is 12.3 Å². The highest BCUT2D eigenvalue weighted by molar-refractivity contribution is 7.89. The monoisotopic (exact) mass is 217 g/mol. The molecule has 2 rings (SSSR count). The number of hydrogen-bond donors (Lipinski definition) is 1. The zero-order chi connectivity index (χ0) is 9.64. The fraction of sp³-hybridized carbons (Fsp3) is 0.167. The normalized spacial score (nSPS) is 12.5. The van der Waals surface area contributed by atoms with Crippen LogP contribution >= 0.6 is 11.3 Å². The Morgan fingerprint density at radius 1 is 1.62 bits per heavy atom. The van der Waals surface area contributed by atoms with Crippen molar-refractivity contribution in [1.29, 1.82) is 0 Å². The lowest BCUT2D eigenvalue weighted by atomic mass is 10.6. The Balaban J connectivity index is 2.87. The van der Waals surface area contributed by atoms with Crippen molar-refractivity contribution in [3.05, 3.63) is 17.3 Å². The Labute approximate surface area is 78.8 Å². The maximum atomic E-state index is 11.0. The van der Waals surface area contributed by atoms with Gasteiger partial charge in [0.2, 0.25) is 10.0 Å². The molecule has 13 heavy (non-hydrogen) atoms. The van der Waals surface area contributed by atoms with Crippen molar-refractivity contribution >= 4 is 26.2 Å². The highest BCUT2D eigenvalue weighted by Crippen LogP contribution is 2.22. The Bertz CT molecular complexity index is 551. The van der Waals surface area contributed by atoms with Crippen LogP contribution in [-0.2, 0) is 10.0 Å². The molecule has 0 saturated carbocycles. The van der Waals surface area contributed by atoms with Crippen molar-refractivity contribution in [3.8, 4) is 0 Å². The Hall–Kier alpha value is -0.920. The van der Waals surface area contributed by atoms with E-state index >= 15 is 0 Å². The maximum Gasteiger partial charge on any atom is 0.242 e. The summed E-state index contributed by atoms with van der Waals surface area (Å²) in [7, 11) is -3.65. The standard InChI is InChI=1S/C6H7N3O2S2/c1-4-3-12-6-5(13(7,10)11)2-8-9(4)6/h2-3H,1H3,(H2,7,10,11). The smallest absolute Gasteiger partial charge is 0.226 e. The number of thiazole rings is 1. The summed E-state index contributed by atoms with van der Waals surface area (Å²) < 4.78 is 23.7. The highest BCUT2D eigenvalue weighted by Gasteiger charge is 2.16. The molecule has 0 radical (unpaired) electrons. The summed E-state index contributed by atoms with van der Waals surface area (Å²) in [5, 5.41) is 10.7. The third-order valence-corrected chi connectivity index (χ3v) is 3.79. The molecule has 2 heterocycles. The zero-order valence-corrected chi connectivity index (χ0v) is 8.39. The molecule has 70 valence electrons. The van der Waals surface area contributed by atoms with E-state index in [2.05, 4.69) is 5.10 Å². The van der Waals surface area contributed by atoms with Crippen LogP contribution in [0.4, 0.5) is 0 Å². The van der Waals surface area contributed by atoms with E-state index in [-0.39, 0.29) is 4.90 Å². The number of primary sulfonamides is 1. The van der Waals surface area contributed by atoms with E-state index in [9.17, 15) is 8.42 Å². The van der Waals surface area contributed by atoms with Crippen LogP contribution in [0.5, 0.6) is 0 Å². The van der Waals surface area contributed by atoms with Crippen LogP contribution in [0, 0.1) is 6.92 Å². The van der Waals surface area contributed by atoms with Crippen molar-refractivity contribution in [3.63, 3.8) is 0 Å². The van der Waals surface area contributed by atoms with Crippen molar-refractivity contribution in [2.75, 3.05) is 0 Å². The molecule has 0 saturated heterocycles. The van der Waals surface area contributed by atoms with Crippen LogP contribution in [0.3, 0.4) is 0 Å². The average Bonchev–Trinajstić information content (AvgIpc) is 2.51. The first-order valence-electron chi connectivity index (χ1n) is 3.45. The van der Waals surface area contributed by atoms with E-state index in [4.69, 9.17) is 5.14 Å². The van der Waals surface area contributed by atoms with Gasteiger partial charge in [-0.1, -0.05) is 0 Å². The molecule has 0 bridgehead atoms. The van der Waals surface area contributed by atoms with Crippen molar-refractivity contribution < 1.29 is 8.42 Å². The molecule has 0 aliphatic carbocycles. The molecule has 0 amide bonds. The molecule has 7 heteroatoms. The van der Waals surface area contributed by atoms with Gasteiger partial charge in [0.1, 0.15) is 9.73 Å². The Morgan fingerprint density at radius 2 is 2.31 bits per heavy atom. The summed E-state index contributed by atoms with van der Waals surface area (Å²) in [6.07, 6.45) is 1.27. The topological polar surface area (TPSA) is 77.5 Å². The molecule has 0 aliphatic heterocycles. The maximum absolute atomic E-state index is 11.0. The van der Waals surface area contributed by atoms with Crippen molar-refractivity contribution in [2.45, 2.75) is 11.8 Å². The van der Waals surface area contributed by atoms with Gasteiger partial charge in [0.25, 0.3) is 0 Å². The fourth-order valence-corrected chi connectivity index (χ4v) is 2.93. The number of nitrogens with zero attached hydrogens (tertiary/aromatic N) is 2. The zero-order valence-electron chi connectivity index (χ0n) is 6.76. The SMILES string of the molecule is Cc1csc2c(S(N)(=O)=O)cnn12. The molecule has 0 aromatic carbocycles. The molecule has 0 unspecified atom stereocenters. The third-order valence-electron chi connectivity index (χ3n) is 1.68. The highest BCUT2D eigenvalue weighted by atomic mass is 32.2. The molecule has 0 aliphatic rings. The lowest BCUT2D eigenvalue weighted by molar-refractivity contribution is 0.598. The quantitative estimate of drug-likeness (QED) is 0.748. The largest absolute Gasteiger partial charge is 0.242 e. The second-order valence-electron chi connectivity index (χ2n) is 2.65. The minimum Gasteiger partial charge on any atom is -0.226 e. The van der Waals surface area contributed by atoms with Gasteiger partial charge in [0, 0.05) is 5.38 Å². The number of fused-ring (bicyclic) bond motifs is 1. The fourth-order valence-electron chi connectivity index (χ4n) is 1.07. The second-order valence-corrected chi connectivity index (χ2v) is 5.04. The van der Waals surface area contributed by atoms with Crippen LogP contribution in [0.1, 0.15) is 5.69 Å². The predicted octanol–water partition coefficient (Wildman–Crippen LogP) is 0.352. The molecule has 0 spiro atoms. The summed E-state index contributed by atoms with van der Waals surface area (Å²) in [4.78, 5) is 0.658. The second kappa shape index (κ2) is 2.53.